The molecule has 0 saturated carbocycles. The van der Waals surface area contributed by atoms with Gasteiger partial charge in [-0.15, -0.1) is 0 Å². The summed E-state index contributed by atoms with van der Waals surface area (Å²) in [5, 5.41) is 0. The van der Waals surface area contributed by atoms with Gasteiger partial charge in [0.25, 0.3) is 0 Å². The van der Waals surface area contributed by atoms with E-state index in [-0.39, 0.29) is 0 Å². The molecule has 12 heavy (non-hydrogen) atoms. The summed E-state index contributed by atoms with van der Waals surface area (Å²) >= 11 is 0. The highest BCUT2D eigenvalue weighted by Gasteiger charge is 1.98. The third kappa shape index (κ3) is 4.42. The molecular weight excluding hydrogens is 146 g/mol. The van der Waals surface area contributed by atoms with Gasteiger partial charge in [0.1, 0.15) is 0 Å². The molecule has 0 heterocycles. The molecule has 0 radical (unpaired) electrons. The van der Waals surface area contributed by atoms with E-state index in [2.05, 4.69) is 45.6 Å². The summed E-state index contributed by atoms with van der Waals surface area (Å²) in [6.45, 7) is 13.4. The number of nitrogens with zero attached hydrogens (tertiary/aromatic N) is 1. The Morgan fingerprint density at radius 3 is 2.08 bits per heavy atom. The molecule has 0 aliphatic heterocycles. The van der Waals surface area contributed by atoms with Crippen LogP contribution >= 0.6 is 0 Å². The molecule has 0 aromatic carbocycles. The average molecular weight is 169 g/mol. The van der Waals surface area contributed by atoms with E-state index in [1.807, 2.05) is 0 Å². The van der Waals surface area contributed by atoms with Crippen LogP contribution in [0.2, 0.25) is 0 Å². The van der Waals surface area contributed by atoms with Gasteiger partial charge < -0.3 is 4.90 Å². The monoisotopic (exact) mass is 169 g/mol. The van der Waals surface area contributed by atoms with Crippen molar-refractivity contribution in [3.05, 3.63) is 11.8 Å². The minimum Gasteiger partial charge on any atom is -0.376 e. The molecule has 1 heteroatoms. The maximum atomic E-state index is 2.39. The van der Waals surface area contributed by atoms with Crippen LogP contribution in [0.3, 0.4) is 0 Å². The summed E-state index contributed by atoms with van der Waals surface area (Å²) in [6, 6.07) is 0. The standard InChI is InChI=1S/C11H23N/c1-6-12(7-2)11(5)9-8-10(3)4/h9-10H,6-8H2,1-5H3/b11-9+. The Morgan fingerprint density at radius 2 is 1.75 bits per heavy atom. The third-order valence-corrected chi connectivity index (χ3v) is 2.15. The maximum Gasteiger partial charge on any atom is 0.0146 e. The van der Waals surface area contributed by atoms with E-state index in [4.69, 9.17) is 0 Å². The number of allylic oxidation sites excluding steroid dienone is 2. The van der Waals surface area contributed by atoms with E-state index in [9.17, 15) is 0 Å². The molecule has 0 amide bonds. The first-order valence-electron chi connectivity index (χ1n) is 5.03. The quantitative estimate of drug-likeness (QED) is 0.610. The van der Waals surface area contributed by atoms with E-state index < -0.39 is 0 Å². The van der Waals surface area contributed by atoms with Gasteiger partial charge in [0.15, 0.2) is 0 Å². The zero-order valence-electron chi connectivity index (χ0n) is 9.22. The average Bonchev–Trinajstić information content (AvgIpc) is 2.03. The van der Waals surface area contributed by atoms with Crippen molar-refractivity contribution < 1.29 is 0 Å². The van der Waals surface area contributed by atoms with Crippen molar-refractivity contribution in [2.24, 2.45) is 5.92 Å². The highest BCUT2D eigenvalue weighted by Crippen LogP contribution is 2.07. The molecule has 0 N–H and O–H groups in total. The van der Waals surface area contributed by atoms with Crippen molar-refractivity contribution in [2.45, 2.75) is 41.0 Å². The van der Waals surface area contributed by atoms with Crippen molar-refractivity contribution in [1.82, 2.24) is 4.90 Å². The van der Waals surface area contributed by atoms with E-state index in [0.717, 1.165) is 19.0 Å². The second-order valence-corrected chi connectivity index (χ2v) is 3.65. The predicted octanol–water partition coefficient (Wildman–Crippen LogP) is 3.28. The van der Waals surface area contributed by atoms with Crippen LogP contribution in [0.4, 0.5) is 0 Å². The fraction of sp³-hybridized carbons (Fsp3) is 0.818. The lowest BCUT2D eigenvalue weighted by atomic mass is 10.1. The SMILES string of the molecule is CCN(CC)/C(C)=C/CC(C)C. The highest BCUT2D eigenvalue weighted by molar-refractivity contribution is 4.97. The van der Waals surface area contributed by atoms with Gasteiger partial charge in [-0.3, -0.25) is 0 Å². The first kappa shape index (κ1) is 11.5. The molecule has 0 bridgehead atoms. The predicted molar refractivity (Wildman–Crippen MR) is 56.1 cm³/mol. The second-order valence-electron chi connectivity index (χ2n) is 3.65. The molecule has 0 aliphatic rings. The van der Waals surface area contributed by atoms with Crippen molar-refractivity contribution in [3.8, 4) is 0 Å². The maximum absolute atomic E-state index is 2.39. The summed E-state index contributed by atoms with van der Waals surface area (Å²) in [7, 11) is 0. The zero-order chi connectivity index (χ0) is 9.56. The van der Waals surface area contributed by atoms with Gasteiger partial charge in [0, 0.05) is 18.8 Å². The zero-order valence-corrected chi connectivity index (χ0v) is 9.22. The molecule has 0 atom stereocenters. The summed E-state index contributed by atoms with van der Waals surface area (Å²) in [4.78, 5) is 2.39. The molecule has 0 fully saturated rings. The number of hydrogen-bond donors (Lipinski definition) is 0. The molecule has 0 spiro atoms. The van der Waals surface area contributed by atoms with Crippen LogP contribution in [0.15, 0.2) is 11.8 Å². The Labute approximate surface area is 77.5 Å². The Bertz CT molecular complexity index is 132. The lowest BCUT2D eigenvalue weighted by Gasteiger charge is -2.21. The van der Waals surface area contributed by atoms with Crippen LogP contribution in [0.1, 0.15) is 41.0 Å². The summed E-state index contributed by atoms with van der Waals surface area (Å²) in [6.07, 6.45) is 3.54. The van der Waals surface area contributed by atoms with Crippen LogP contribution in [-0.4, -0.2) is 18.0 Å². The molecule has 0 aliphatic carbocycles. The fourth-order valence-electron chi connectivity index (χ4n) is 1.26. The van der Waals surface area contributed by atoms with Crippen molar-refractivity contribution in [1.29, 1.82) is 0 Å². The van der Waals surface area contributed by atoms with Gasteiger partial charge >= 0.3 is 0 Å². The van der Waals surface area contributed by atoms with Gasteiger partial charge in [-0.05, 0) is 33.1 Å². The smallest absolute Gasteiger partial charge is 0.0146 e. The largest absolute Gasteiger partial charge is 0.376 e. The van der Waals surface area contributed by atoms with E-state index in [0.29, 0.717) is 0 Å². The van der Waals surface area contributed by atoms with Gasteiger partial charge in [0.05, 0.1) is 0 Å². The topological polar surface area (TPSA) is 3.24 Å². The number of rotatable bonds is 5. The van der Waals surface area contributed by atoms with Gasteiger partial charge in [0.2, 0.25) is 0 Å². The minimum atomic E-state index is 0.774. The Balaban J connectivity index is 3.96. The normalized spacial score (nSPS) is 12.3. The minimum absolute atomic E-state index is 0.774. The van der Waals surface area contributed by atoms with Crippen molar-refractivity contribution in [2.75, 3.05) is 13.1 Å². The molecule has 0 unspecified atom stereocenters. The van der Waals surface area contributed by atoms with Crippen LogP contribution in [0, 0.1) is 5.92 Å². The molecule has 1 nitrogen and oxygen atoms in total. The van der Waals surface area contributed by atoms with Gasteiger partial charge in [-0.2, -0.15) is 0 Å². The molecule has 0 saturated heterocycles. The van der Waals surface area contributed by atoms with E-state index in [1.165, 1.54) is 12.1 Å². The summed E-state index contributed by atoms with van der Waals surface area (Å²) in [5.41, 5.74) is 1.42. The van der Waals surface area contributed by atoms with Gasteiger partial charge in [-0.25, -0.2) is 0 Å². The molecular formula is C11H23N. The lowest BCUT2D eigenvalue weighted by Crippen LogP contribution is -2.20. The number of hydrogen-bond acceptors (Lipinski definition) is 1. The third-order valence-electron chi connectivity index (χ3n) is 2.15. The summed E-state index contributed by atoms with van der Waals surface area (Å²) < 4.78 is 0. The Morgan fingerprint density at radius 1 is 1.25 bits per heavy atom. The molecule has 0 aromatic rings. The first-order valence-corrected chi connectivity index (χ1v) is 5.03. The van der Waals surface area contributed by atoms with Crippen molar-refractivity contribution >= 4 is 0 Å². The van der Waals surface area contributed by atoms with E-state index in [1.54, 1.807) is 0 Å². The Kier molecular flexibility index (Phi) is 5.87. The highest BCUT2D eigenvalue weighted by atomic mass is 15.1. The lowest BCUT2D eigenvalue weighted by molar-refractivity contribution is 0.380. The van der Waals surface area contributed by atoms with Crippen LogP contribution in [0.25, 0.3) is 0 Å². The second kappa shape index (κ2) is 6.10. The summed E-state index contributed by atoms with van der Waals surface area (Å²) in [5.74, 6) is 0.774. The first-order chi connectivity index (χ1) is 5.61. The molecule has 0 rings (SSSR count). The molecule has 72 valence electrons. The van der Waals surface area contributed by atoms with Crippen molar-refractivity contribution in [3.63, 3.8) is 0 Å². The van der Waals surface area contributed by atoms with Crippen LogP contribution in [0.5, 0.6) is 0 Å². The van der Waals surface area contributed by atoms with Gasteiger partial charge in [-0.1, -0.05) is 19.9 Å². The van der Waals surface area contributed by atoms with E-state index >= 15 is 0 Å². The van der Waals surface area contributed by atoms with Crippen LogP contribution in [-0.2, 0) is 0 Å². The molecule has 0 aromatic heterocycles. The fourth-order valence-corrected chi connectivity index (χ4v) is 1.26. The Hall–Kier alpha value is -0.460. The van der Waals surface area contributed by atoms with Crippen LogP contribution < -0.4 is 0 Å².